The molecule has 1 heterocycles. The van der Waals surface area contributed by atoms with E-state index < -0.39 is 5.41 Å². The number of fused-ring (bicyclic) bond motifs is 7. The van der Waals surface area contributed by atoms with E-state index in [9.17, 15) is 0 Å². The molecule has 11 rings (SSSR count). The van der Waals surface area contributed by atoms with E-state index in [1.165, 1.54) is 49.9 Å². The maximum atomic E-state index is 6.36. The fourth-order valence-corrected chi connectivity index (χ4v) is 9.07. The monoisotopic (exact) mass is 701 g/mol. The molecule has 0 saturated carbocycles. The lowest BCUT2D eigenvalue weighted by molar-refractivity contribution is 0.669. The van der Waals surface area contributed by atoms with Gasteiger partial charge in [0.15, 0.2) is 0 Å². The summed E-state index contributed by atoms with van der Waals surface area (Å²) < 4.78 is 6.36. The molecule has 0 unspecified atom stereocenters. The Labute approximate surface area is 320 Å². The van der Waals surface area contributed by atoms with Crippen LogP contribution in [0, 0.1) is 0 Å². The maximum Gasteiger partial charge on any atom is 0.136 e. The molecule has 1 aliphatic rings. The Balaban J connectivity index is 1.13. The van der Waals surface area contributed by atoms with E-state index in [2.05, 4.69) is 205 Å². The third-order valence-electron chi connectivity index (χ3n) is 11.5. The van der Waals surface area contributed by atoms with Gasteiger partial charge < -0.3 is 9.32 Å². The quantitative estimate of drug-likeness (QED) is 0.172. The Bertz CT molecular complexity index is 2990. The average molecular weight is 702 g/mol. The number of hydrogen-bond acceptors (Lipinski definition) is 2. The van der Waals surface area contributed by atoms with Gasteiger partial charge in [0.1, 0.15) is 11.2 Å². The van der Waals surface area contributed by atoms with Crippen LogP contribution in [0.5, 0.6) is 0 Å². The molecule has 0 amide bonds. The van der Waals surface area contributed by atoms with Gasteiger partial charge in [0, 0.05) is 27.8 Å². The Morgan fingerprint density at radius 1 is 0.345 bits per heavy atom. The molecule has 0 fully saturated rings. The van der Waals surface area contributed by atoms with Crippen molar-refractivity contribution in [3.05, 3.63) is 235 Å². The Hall–Kier alpha value is -7.16. The van der Waals surface area contributed by atoms with Gasteiger partial charge in [-0.3, -0.25) is 0 Å². The first-order valence-electron chi connectivity index (χ1n) is 18.9. The largest absolute Gasteiger partial charge is 0.456 e. The van der Waals surface area contributed by atoms with Crippen LogP contribution in [-0.4, -0.2) is 0 Å². The summed E-state index contributed by atoms with van der Waals surface area (Å²) in [5.41, 5.74) is 14.6. The number of rotatable bonds is 6. The number of benzene rings is 9. The first-order chi connectivity index (χ1) is 27.3. The minimum Gasteiger partial charge on any atom is -0.456 e. The Morgan fingerprint density at radius 2 is 0.945 bits per heavy atom. The van der Waals surface area contributed by atoms with Gasteiger partial charge in [0.2, 0.25) is 0 Å². The minimum atomic E-state index is -0.496. The molecule has 0 aliphatic heterocycles. The smallest absolute Gasteiger partial charge is 0.136 e. The van der Waals surface area contributed by atoms with Gasteiger partial charge in [0.25, 0.3) is 0 Å². The molecule has 1 aliphatic carbocycles. The van der Waals surface area contributed by atoms with E-state index in [1.807, 2.05) is 12.1 Å². The molecular weight excluding hydrogens is 667 g/mol. The number of nitrogens with zero attached hydrogens (tertiary/aromatic N) is 1. The van der Waals surface area contributed by atoms with E-state index in [0.29, 0.717) is 0 Å². The van der Waals surface area contributed by atoms with Crippen molar-refractivity contribution in [2.24, 2.45) is 0 Å². The molecule has 0 saturated heterocycles. The number of anilines is 3. The van der Waals surface area contributed by atoms with Crippen LogP contribution in [0.1, 0.15) is 22.3 Å². The normalized spacial score (nSPS) is 12.9. The van der Waals surface area contributed by atoms with Crippen molar-refractivity contribution in [1.82, 2.24) is 0 Å². The zero-order valence-corrected chi connectivity index (χ0v) is 30.1. The van der Waals surface area contributed by atoms with Crippen LogP contribution < -0.4 is 4.90 Å². The number of furan rings is 1. The molecule has 55 heavy (non-hydrogen) atoms. The van der Waals surface area contributed by atoms with Gasteiger partial charge in [-0.1, -0.05) is 158 Å². The standard InChI is InChI=1S/C53H35NO/c1-3-14-36(15-4-1)37-26-29-42(30-27-37)54(44-31-28-38-33-48-47-22-9-12-25-51(47)55-52(48)34-39(38)32-44)43-19-13-18-41(35-43)53(40-16-5-2-6-17-40)49-23-10-7-20-45(49)46-21-8-11-24-50(46)53/h1-35H. The van der Waals surface area contributed by atoms with Crippen molar-refractivity contribution >= 4 is 49.8 Å². The van der Waals surface area contributed by atoms with Crippen molar-refractivity contribution in [1.29, 1.82) is 0 Å². The van der Waals surface area contributed by atoms with Crippen molar-refractivity contribution in [3.8, 4) is 22.3 Å². The van der Waals surface area contributed by atoms with Crippen LogP contribution >= 0.6 is 0 Å². The third-order valence-corrected chi connectivity index (χ3v) is 11.5. The summed E-state index contributed by atoms with van der Waals surface area (Å²) in [4.78, 5) is 2.39. The lowest BCUT2D eigenvalue weighted by Crippen LogP contribution is -2.28. The van der Waals surface area contributed by atoms with Gasteiger partial charge >= 0.3 is 0 Å². The second-order valence-corrected chi connectivity index (χ2v) is 14.5. The first-order valence-corrected chi connectivity index (χ1v) is 18.9. The van der Waals surface area contributed by atoms with Crippen LogP contribution in [0.25, 0.3) is 55.0 Å². The Kier molecular flexibility index (Phi) is 7.11. The SMILES string of the molecule is c1ccc(-c2ccc(N(c3cccc(C4(c5ccccc5)c5ccccc5-c5ccccc54)c3)c3ccc4cc5c(cc4c3)oc3ccccc35)cc2)cc1. The molecule has 0 atom stereocenters. The summed E-state index contributed by atoms with van der Waals surface area (Å²) in [6.07, 6.45) is 0. The fourth-order valence-electron chi connectivity index (χ4n) is 9.07. The zero-order chi connectivity index (χ0) is 36.3. The summed E-state index contributed by atoms with van der Waals surface area (Å²) in [6.45, 7) is 0. The third kappa shape index (κ3) is 4.89. The molecular formula is C53H35NO. The van der Waals surface area contributed by atoms with Crippen LogP contribution in [0.4, 0.5) is 17.1 Å². The Morgan fingerprint density at radius 3 is 1.71 bits per heavy atom. The lowest BCUT2D eigenvalue weighted by atomic mass is 9.67. The van der Waals surface area contributed by atoms with E-state index in [0.717, 1.165) is 44.4 Å². The van der Waals surface area contributed by atoms with Crippen molar-refractivity contribution in [3.63, 3.8) is 0 Å². The predicted octanol–water partition coefficient (Wildman–Crippen LogP) is 14.2. The molecule has 0 spiro atoms. The maximum absolute atomic E-state index is 6.36. The number of para-hydroxylation sites is 1. The van der Waals surface area contributed by atoms with Crippen LogP contribution in [0.2, 0.25) is 0 Å². The number of hydrogen-bond donors (Lipinski definition) is 0. The van der Waals surface area contributed by atoms with Crippen LogP contribution in [0.3, 0.4) is 0 Å². The molecule has 0 bridgehead atoms. The van der Waals surface area contributed by atoms with E-state index in [1.54, 1.807) is 0 Å². The summed E-state index contributed by atoms with van der Waals surface area (Å²) in [7, 11) is 0. The first kappa shape index (κ1) is 31.4. The molecule has 258 valence electrons. The van der Waals surface area contributed by atoms with Gasteiger partial charge in [-0.2, -0.15) is 0 Å². The van der Waals surface area contributed by atoms with Gasteiger partial charge in [-0.05, 0) is 110 Å². The highest BCUT2D eigenvalue weighted by atomic mass is 16.3. The molecule has 2 nitrogen and oxygen atoms in total. The highest BCUT2D eigenvalue weighted by Crippen LogP contribution is 2.56. The molecule has 1 aromatic heterocycles. The van der Waals surface area contributed by atoms with Gasteiger partial charge in [-0.15, -0.1) is 0 Å². The fraction of sp³-hybridized carbons (Fsp3) is 0.0189. The van der Waals surface area contributed by atoms with E-state index in [-0.39, 0.29) is 0 Å². The van der Waals surface area contributed by atoms with E-state index in [4.69, 9.17) is 4.42 Å². The molecule has 0 N–H and O–H groups in total. The summed E-state index contributed by atoms with van der Waals surface area (Å²) >= 11 is 0. The van der Waals surface area contributed by atoms with Gasteiger partial charge in [0.05, 0.1) is 5.41 Å². The molecule has 2 heteroatoms. The zero-order valence-electron chi connectivity index (χ0n) is 30.1. The topological polar surface area (TPSA) is 16.4 Å². The van der Waals surface area contributed by atoms with Crippen molar-refractivity contribution in [2.45, 2.75) is 5.41 Å². The highest BCUT2D eigenvalue weighted by Gasteiger charge is 2.46. The summed E-state index contributed by atoms with van der Waals surface area (Å²) in [5, 5.41) is 4.59. The van der Waals surface area contributed by atoms with Crippen molar-refractivity contribution in [2.75, 3.05) is 4.90 Å². The average Bonchev–Trinajstić information content (AvgIpc) is 3.77. The van der Waals surface area contributed by atoms with Gasteiger partial charge in [-0.25, -0.2) is 0 Å². The molecule has 10 aromatic rings. The predicted molar refractivity (Wildman–Crippen MR) is 229 cm³/mol. The van der Waals surface area contributed by atoms with Crippen molar-refractivity contribution < 1.29 is 4.42 Å². The summed E-state index contributed by atoms with van der Waals surface area (Å²) in [5.74, 6) is 0. The molecule has 0 radical (unpaired) electrons. The van der Waals surface area contributed by atoms with Crippen LogP contribution in [0.15, 0.2) is 217 Å². The van der Waals surface area contributed by atoms with E-state index >= 15 is 0 Å². The lowest BCUT2D eigenvalue weighted by Gasteiger charge is -2.35. The highest BCUT2D eigenvalue weighted by molar-refractivity contribution is 6.10. The second kappa shape index (κ2) is 12.5. The van der Waals surface area contributed by atoms with Crippen LogP contribution in [-0.2, 0) is 5.41 Å². The second-order valence-electron chi connectivity index (χ2n) is 14.5. The molecule has 9 aromatic carbocycles. The minimum absolute atomic E-state index is 0.496. The summed E-state index contributed by atoms with van der Waals surface area (Å²) in [6, 6.07) is 77.1.